The number of nitrogens with one attached hydrogen (secondary N) is 1. The van der Waals surface area contributed by atoms with Crippen molar-refractivity contribution in [3.63, 3.8) is 0 Å². The van der Waals surface area contributed by atoms with Gasteiger partial charge in [0.05, 0.1) is 6.10 Å². The first-order valence-electron chi connectivity index (χ1n) is 5.66. The summed E-state index contributed by atoms with van der Waals surface area (Å²) in [5.74, 6) is 0. The summed E-state index contributed by atoms with van der Waals surface area (Å²) < 4.78 is 5.63. The Morgan fingerprint density at radius 3 is 2.71 bits per heavy atom. The fraction of sp³-hybridized carbons (Fsp3) is 0.833. The van der Waals surface area contributed by atoms with Gasteiger partial charge < -0.3 is 10.1 Å². The molecule has 2 atom stereocenters. The van der Waals surface area contributed by atoms with Crippen LogP contribution in [0, 0.1) is 0 Å². The second kappa shape index (κ2) is 9.22. The summed E-state index contributed by atoms with van der Waals surface area (Å²) in [6.07, 6.45) is 5.55. The molecule has 0 aromatic carbocycles. The van der Waals surface area contributed by atoms with Crippen molar-refractivity contribution in [2.24, 2.45) is 0 Å². The minimum Gasteiger partial charge on any atom is -0.377 e. The van der Waals surface area contributed by atoms with Gasteiger partial charge in [-0.3, -0.25) is 0 Å². The average Bonchev–Trinajstić information content (AvgIpc) is 2.21. The highest BCUT2D eigenvalue weighted by molar-refractivity contribution is 4.66. The molecule has 2 unspecified atom stereocenters. The lowest BCUT2D eigenvalue weighted by Gasteiger charge is -2.17. The van der Waals surface area contributed by atoms with Crippen LogP contribution in [0.1, 0.15) is 40.0 Å². The third-order valence-corrected chi connectivity index (χ3v) is 2.32. The highest BCUT2D eigenvalue weighted by Gasteiger charge is 2.03. The molecular weight excluding hydrogens is 174 g/mol. The van der Waals surface area contributed by atoms with E-state index in [9.17, 15) is 0 Å². The van der Waals surface area contributed by atoms with Gasteiger partial charge in [0.25, 0.3) is 0 Å². The van der Waals surface area contributed by atoms with Gasteiger partial charge in [0, 0.05) is 19.2 Å². The van der Waals surface area contributed by atoms with E-state index in [1.807, 2.05) is 6.08 Å². The van der Waals surface area contributed by atoms with Gasteiger partial charge in [-0.2, -0.15) is 0 Å². The number of allylic oxidation sites excluding steroid dienone is 1. The van der Waals surface area contributed by atoms with Crippen LogP contribution in [0.5, 0.6) is 0 Å². The van der Waals surface area contributed by atoms with E-state index < -0.39 is 0 Å². The summed E-state index contributed by atoms with van der Waals surface area (Å²) in [7, 11) is 0. The molecule has 1 N–H and O–H groups in total. The molecule has 0 rings (SSSR count). The normalized spacial score (nSPS) is 15.1. The van der Waals surface area contributed by atoms with Crippen LogP contribution in [-0.4, -0.2) is 25.3 Å². The lowest BCUT2D eigenvalue weighted by molar-refractivity contribution is 0.0630. The minimum atomic E-state index is 0.314. The lowest BCUT2D eigenvalue weighted by atomic mass is 10.2. The first kappa shape index (κ1) is 13.7. The molecule has 0 aliphatic rings. The van der Waals surface area contributed by atoms with Gasteiger partial charge in [-0.05, 0) is 33.1 Å². The first-order chi connectivity index (χ1) is 6.70. The van der Waals surface area contributed by atoms with Gasteiger partial charge >= 0.3 is 0 Å². The van der Waals surface area contributed by atoms with Crippen LogP contribution >= 0.6 is 0 Å². The summed E-state index contributed by atoms with van der Waals surface area (Å²) in [5, 5.41) is 3.43. The topological polar surface area (TPSA) is 21.3 Å². The fourth-order valence-corrected chi connectivity index (χ4v) is 1.08. The second-order valence-electron chi connectivity index (χ2n) is 3.83. The van der Waals surface area contributed by atoms with Crippen molar-refractivity contribution in [2.75, 3.05) is 13.2 Å². The zero-order valence-corrected chi connectivity index (χ0v) is 9.88. The number of hydrogen-bond acceptors (Lipinski definition) is 2. The van der Waals surface area contributed by atoms with Crippen molar-refractivity contribution in [1.29, 1.82) is 0 Å². The highest BCUT2D eigenvalue weighted by Crippen LogP contribution is 1.96. The van der Waals surface area contributed by atoms with Crippen LogP contribution in [0.25, 0.3) is 0 Å². The molecule has 84 valence electrons. The summed E-state index contributed by atoms with van der Waals surface area (Å²) in [4.78, 5) is 0. The summed E-state index contributed by atoms with van der Waals surface area (Å²) in [5.41, 5.74) is 0. The molecule has 0 spiro atoms. The van der Waals surface area contributed by atoms with Gasteiger partial charge in [-0.15, -0.1) is 6.58 Å². The van der Waals surface area contributed by atoms with Crippen LogP contribution in [0.3, 0.4) is 0 Å². The van der Waals surface area contributed by atoms with Crippen LogP contribution in [0.15, 0.2) is 12.7 Å². The molecule has 0 aromatic heterocycles. The maximum atomic E-state index is 5.63. The quantitative estimate of drug-likeness (QED) is 0.455. The number of unbranched alkanes of at least 4 members (excludes halogenated alkanes) is 1. The molecule has 0 aliphatic carbocycles. The molecule has 0 radical (unpaired) electrons. The van der Waals surface area contributed by atoms with E-state index in [1.54, 1.807) is 0 Å². The number of hydrogen-bond donors (Lipinski definition) is 1. The Labute approximate surface area is 88.7 Å². The highest BCUT2D eigenvalue weighted by atomic mass is 16.5. The zero-order chi connectivity index (χ0) is 10.8. The van der Waals surface area contributed by atoms with E-state index in [1.165, 1.54) is 6.42 Å². The van der Waals surface area contributed by atoms with Crippen molar-refractivity contribution in [3.8, 4) is 0 Å². The Morgan fingerprint density at radius 1 is 1.43 bits per heavy atom. The van der Waals surface area contributed by atoms with Gasteiger partial charge in [-0.1, -0.05) is 13.0 Å². The monoisotopic (exact) mass is 199 g/mol. The Hall–Kier alpha value is -0.340. The molecule has 0 saturated carbocycles. The molecule has 14 heavy (non-hydrogen) atoms. The molecule has 0 amide bonds. The molecule has 0 aromatic rings. The van der Waals surface area contributed by atoms with Gasteiger partial charge in [0.2, 0.25) is 0 Å². The van der Waals surface area contributed by atoms with Crippen LogP contribution in [-0.2, 0) is 4.74 Å². The predicted octanol–water partition coefficient (Wildman–Crippen LogP) is 2.75. The number of ether oxygens (including phenoxy) is 1. The molecule has 0 bridgehead atoms. The fourth-order valence-electron chi connectivity index (χ4n) is 1.08. The van der Waals surface area contributed by atoms with E-state index in [4.69, 9.17) is 4.74 Å². The standard InChI is InChI=1S/C12H25NO/c1-5-7-8-9-14-12(4)10-13-11(3)6-2/h5,11-13H,1,6-10H2,2-4H3. The van der Waals surface area contributed by atoms with Crippen molar-refractivity contribution >= 4 is 0 Å². The summed E-state index contributed by atoms with van der Waals surface area (Å²) in [6, 6.07) is 0.592. The Bertz CT molecular complexity index is 136. The van der Waals surface area contributed by atoms with Crippen LogP contribution in [0.2, 0.25) is 0 Å². The lowest BCUT2D eigenvalue weighted by Crippen LogP contribution is -2.33. The van der Waals surface area contributed by atoms with Crippen LogP contribution in [0.4, 0.5) is 0 Å². The molecule has 0 saturated heterocycles. The second-order valence-corrected chi connectivity index (χ2v) is 3.83. The third-order valence-electron chi connectivity index (χ3n) is 2.32. The smallest absolute Gasteiger partial charge is 0.0671 e. The van der Waals surface area contributed by atoms with Crippen molar-refractivity contribution in [3.05, 3.63) is 12.7 Å². The van der Waals surface area contributed by atoms with Gasteiger partial charge in [0.15, 0.2) is 0 Å². The summed E-state index contributed by atoms with van der Waals surface area (Å²) in [6.45, 7) is 12.0. The van der Waals surface area contributed by atoms with Crippen molar-refractivity contribution in [2.45, 2.75) is 52.2 Å². The average molecular weight is 199 g/mol. The van der Waals surface area contributed by atoms with E-state index in [2.05, 4.69) is 32.7 Å². The molecule has 0 fully saturated rings. The molecular formula is C12H25NO. The largest absolute Gasteiger partial charge is 0.377 e. The van der Waals surface area contributed by atoms with E-state index in [0.717, 1.165) is 26.0 Å². The van der Waals surface area contributed by atoms with E-state index in [0.29, 0.717) is 12.1 Å². The Kier molecular flexibility index (Phi) is 9.00. The van der Waals surface area contributed by atoms with E-state index >= 15 is 0 Å². The molecule has 0 heterocycles. The van der Waals surface area contributed by atoms with Crippen LogP contribution < -0.4 is 5.32 Å². The molecule has 2 nitrogen and oxygen atoms in total. The maximum Gasteiger partial charge on any atom is 0.0671 e. The molecule has 2 heteroatoms. The SMILES string of the molecule is C=CCCCOC(C)CNC(C)CC. The zero-order valence-electron chi connectivity index (χ0n) is 9.88. The molecule has 0 aliphatic heterocycles. The Balaban J connectivity index is 3.27. The van der Waals surface area contributed by atoms with Crippen molar-refractivity contribution < 1.29 is 4.74 Å². The maximum absolute atomic E-state index is 5.63. The van der Waals surface area contributed by atoms with Crippen molar-refractivity contribution in [1.82, 2.24) is 5.32 Å². The van der Waals surface area contributed by atoms with E-state index in [-0.39, 0.29) is 0 Å². The Morgan fingerprint density at radius 2 is 2.14 bits per heavy atom. The minimum absolute atomic E-state index is 0.314. The predicted molar refractivity (Wildman–Crippen MR) is 62.6 cm³/mol. The van der Waals surface area contributed by atoms with Gasteiger partial charge in [-0.25, -0.2) is 0 Å². The van der Waals surface area contributed by atoms with Gasteiger partial charge in [0.1, 0.15) is 0 Å². The first-order valence-corrected chi connectivity index (χ1v) is 5.66. The summed E-state index contributed by atoms with van der Waals surface area (Å²) >= 11 is 0. The number of rotatable bonds is 9. The third kappa shape index (κ3) is 8.27.